The Hall–Kier alpha value is -1.36. The molecule has 0 spiro atoms. The molecule has 1 fully saturated rings. The summed E-state index contributed by atoms with van der Waals surface area (Å²) in [4.78, 5) is 18.8. The molecule has 1 aliphatic rings. The van der Waals surface area contributed by atoms with Crippen LogP contribution in [0.4, 0.5) is 0 Å². The van der Waals surface area contributed by atoms with E-state index in [1.807, 2.05) is 18.7 Å². The minimum absolute atomic E-state index is 0.0454. The first kappa shape index (κ1) is 15.0. The number of amides is 1. The summed E-state index contributed by atoms with van der Waals surface area (Å²) in [6.07, 6.45) is 4.52. The van der Waals surface area contributed by atoms with Gasteiger partial charge < -0.3 is 15.1 Å². The standard InChI is InChI=1S/C15H25N3O2/c1-4-18(13-8-6-5-7-12(13)9-16)15(19)14-10(2)17-11(3)20-14/h12-13H,4-9,16H2,1-3H3. The van der Waals surface area contributed by atoms with Gasteiger partial charge in [-0.15, -0.1) is 0 Å². The van der Waals surface area contributed by atoms with E-state index < -0.39 is 0 Å². The zero-order valence-electron chi connectivity index (χ0n) is 12.7. The van der Waals surface area contributed by atoms with Gasteiger partial charge in [0, 0.05) is 19.5 Å². The van der Waals surface area contributed by atoms with Crippen LogP contribution < -0.4 is 5.73 Å². The number of carbonyl (C=O) groups is 1. The van der Waals surface area contributed by atoms with Crippen LogP contribution >= 0.6 is 0 Å². The minimum Gasteiger partial charge on any atom is -0.436 e. The number of rotatable bonds is 4. The number of carbonyl (C=O) groups excluding carboxylic acids is 1. The van der Waals surface area contributed by atoms with Crippen LogP contribution in [0, 0.1) is 19.8 Å². The number of nitrogens with two attached hydrogens (primary N) is 1. The lowest BCUT2D eigenvalue weighted by atomic mass is 9.83. The van der Waals surface area contributed by atoms with Crippen molar-refractivity contribution in [2.45, 2.75) is 52.5 Å². The van der Waals surface area contributed by atoms with E-state index in [0.717, 1.165) is 12.8 Å². The Bertz CT molecular complexity index is 470. The Balaban J connectivity index is 2.22. The molecule has 5 nitrogen and oxygen atoms in total. The quantitative estimate of drug-likeness (QED) is 0.917. The summed E-state index contributed by atoms with van der Waals surface area (Å²) in [6.45, 7) is 6.92. The van der Waals surface area contributed by atoms with E-state index in [0.29, 0.717) is 36.4 Å². The summed E-state index contributed by atoms with van der Waals surface area (Å²) < 4.78 is 5.49. The maximum atomic E-state index is 12.7. The monoisotopic (exact) mass is 279 g/mol. The van der Waals surface area contributed by atoms with Crippen LogP contribution in [0.25, 0.3) is 0 Å². The van der Waals surface area contributed by atoms with Gasteiger partial charge in [-0.2, -0.15) is 0 Å². The van der Waals surface area contributed by atoms with Crippen LogP contribution in [0.15, 0.2) is 4.42 Å². The third kappa shape index (κ3) is 2.87. The molecular formula is C15H25N3O2. The molecule has 2 rings (SSSR count). The molecule has 2 N–H and O–H groups in total. The minimum atomic E-state index is -0.0454. The Morgan fingerprint density at radius 3 is 2.65 bits per heavy atom. The summed E-state index contributed by atoms with van der Waals surface area (Å²) in [5.41, 5.74) is 6.56. The first-order valence-corrected chi connectivity index (χ1v) is 7.53. The van der Waals surface area contributed by atoms with Gasteiger partial charge in [-0.3, -0.25) is 4.79 Å². The molecule has 1 amide bonds. The van der Waals surface area contributed by atoms with Crippen molar-refractivity contribution in [3.05, 3.63) is 17.3 Å². The van der Waals surface area contributed by atoms with E-state index in [2.05, 4.69) is 4.98 Å². The van der Waals surface area contributed by atoms with Crippen molar-refractivity contribution in [1.29, 1.82) is 0 Å². The summed E-state index contributed by atoms with van der Waals surface area (Å²) in [7, 11) is 0. The highest BCUT2D eigenvalue weighted by atomic mass is 16.4. The molecule has 0 aliphatic heterocycles. The Morgan fingerprint density at radius 1 is 1.40 bits per heavy atom. The van der Waals surface area contributed by atoms with Gasteiger partial charge in [-0.25, -0.2) is 4.98 Å². The van der Waals surface area contributed by atoms with Crippen LogP contribution in [0.2, 0.25) is 0 Å². The summed E-state index contributed by atoms with van der Waals surface area (Å²) in [6, 6.07) is 0.232. The lowest BCUT2D eigenvalue weighted by Gasteiger charge is -2.38. The smallest absolute Gasteiger partial charge is 0.291 e. The topological polar surface area (TPSA) is 72.4 Å². The molecule has 1 heterocycles. The van der Waals surface area contributed by atoms with Gasteiger partial charge in [0.2, 0.25) is 5.76 Å². The maximum absolute atomic E-state index is 12.7. The Morgan fingerprint density at radius 2 is 2.10 bits per heavy atom. The van der Waals surface area contributed by atoms with Crippen LogP contribution in [0.1, 0.15) is 54.7 Å². The number of aryl methyl sites for hydroxylation is 2. The Kier molecular flexibility index (Phi) is 4.81. The number of oxazole rings is 1. The van der Waals surface area contributed by atoms with Crippen molar-refractivity contribution in [3.63, 3.8) is 0 Å². The van der Waals surface area contributed by atoms with E-state index in [-0.39, 0.29) is 11.9 Å². The molecule has 2 atom stereocenters. The number of hydrogen-bond acceptors (Lipinski definition) is 4. The van der Waals surface area contributed by atoms with Crippen molar-refractivity contribution >= 4 is 5.91 Å². The fraction of sp³-hybridized carbons (Fsp3) is 0.733. The van der Waals surface area contributed by atoms with Gasteiger partial charge in [0.1, 0.15) is 0 Å². The summed E-state index contributed by atoms with van der Waals surface area (Å²) >= 11 is 0. The van der Waals surface area contributed by atoms with E-state index in [1.165, 1.54) is 12.8 Å². The maximum Gasteiger partial charge on any atom is 0.291 e. The van der Waals surface area contributed by atoms with Gasteiger partial charge in [-0.1, -0.05) is 12.8 Å². The second kappa shape index (κ2) is 6.39. The van der Waals surface area contributed by atoms with Gasteiger partial charge in [0.05, 0.1) is 5.69 Å². The first-order chi connectivity index (χ1) is 9.58. The van der Waals surface area contributed by atoms with Crippen molar-refractivity contribution in [2.75, 3.05) is 13.1 Å². The van der Waals surface area contributed by atoms with Crippen molar-refractivity contribution in [3.8, 4) is 0 Å². The fourth-order valence-corrected chi connectivity index (χ4v) is 3.26. The molecule has 0 aromatic carbocycles. The highest BCUT2D eigenvalue weighted by Crippen LogP contribution is 2.29. The number of nitrogens with zero attached hydrogens (tertiary/aromatic N) is 2. The molecule has 0 saturated heterocycles. The largest absolute Gasteiger partial charge is 0.436 e. The van der Waals surface area contributed by atoms with E-state index in [1.54, 1.807) is 6.92 Å². The molecule has 1 aromatic heterocycles. The first-order valence-electron chi connectivity index (χ1n) is 7.53. The molecular weight excluding hydrogens is 254 g/mol. The average molecular weight is 279 g/mol. The molecule has 20 heavy (non-hydrogen) atoms. The Labute approximate surface area is 120 Å². The zero-order valence-corrected chi connectivity index (χ0v) is 12.7. The third-order valence-corrected chi connectivity index (χ3v) is 4.27. The van der Waals surface area contributed by atoms with Gasteiger partial charge >= 0.3 is 0 Å². The normalized spacial score (nSPS) is 22.8. The van der Waals surface area contributed by atoms with Crippen molar-refractivity contribution in [1.82, 2.24) is 9.88 Å². The van der Waals surface area contributed by atoms with Crippen LogP contribution in [-0.2, 0) is 0 Å². The van der Waals surface area contributed by atoms with Crippen LogP contribution in [-0.4, -0.2) is 34.9 Å². The fourth-order valence-electron chi connectivity index (χ4n) is 3.26. The highest BCUT2D eigenvalue weighted by molar-refractivity contribution is 5.92. The second-order valence-electron chi connectivity index (χ2n) is 5.59. The molecule has 5 heteroatoms. The predicted octanol–water partition coefficient (Wildman–Crippen LogP) is 2.27. The van der Waals surface area contributed by atoms with Gasteiger partial charge in [0.25, 0.3) is 5.91 Å². The molecule has 1 saturated carbocycles. The molecule has 1 aliphatic carbocycles. The molecule has 0 radical (unpaired) electrons. The van der Waals surface area contributed by atoms with Gasteiger partial charge in [-0.05, 0) is 39.2 Å². The van der Waals surface area contributed by atoms with Crippen LogP contribution in [0.5, 0.6) is 0 Å². The van der Waals surface area contributed by atoms with E-state index in [4.69, 9.17) is 10.2 Å². The SMILES string of the molecule is CCN(C(=O)c1oc(C)nc1C)C1CCCCC1CN. The zero-order chi connectivity index (χ0) is 14.7. The number of aromatic nitrogens is 1. The lowest BCUT2D eigenvalue weighted by molar-refractivity contribution is 0.0526. The number of hydrogen-bond donors (Lipinski definition) is 1. The highest BCUT2D eigenvalue weighted by Gasteiger charge is 2.33. The van der Waals surface area contributed by atoms with Crippen LogP contribution in [0.3, 0.4) is 0 Å². The molecule has 1 aromatic rings. The summed E-state index contributed by atoms with van der Waals surface area (Å²) in [5, 5.41) is 0. The molecule has 0 bridgehead atoms. The van der Waals surface area contributed by atoms with Crippen molar-refractivity contribution in [2.24, 2.45) is 11.7 Å². The van der Waals surface area contributed by atoms with E-state index in [9.17, 15) is 4.79 Å². The van der Waals surface area contributed by atoms with Gasteiger partial charge in [0.15, 0.2) is 5.89 Å². The second-order valence-corrected chi connectivity index (χ2v) is 5.59. The molecule has 2 unspecified atom stereocenters. The molecule has 112 valence electrons. The lowest BCUT2D eigenvalue weighted by Crippen LogP contribution is -2.48. The average Bonchev–Trinajstić information content (AvgIpc) is 2.79. The van der Waals surface area contributed by atoms with E-state index >= 15 is 0 Å². The summed E-state index contributed by atoms with van der Waals surface area (Å²) in [5.74, 6) is 1.28. The predicted molar refractivity (Wildman–Crippen MR) is 77.5 cm³/mol. The van der Waals surface area contributed by atoms with Crippen molar-refractivity contribution < 1.29 is 9.21 Å². The third-order valence-electron chi connectivity index (χ3n) is 4.27.